The average Bonchev–Trinajstić information content (AvgIpc) is 2.02. The summed E-state index contributed by atoms with van der Waals surface area (Å²) in [6.45, 7) is 7.80. The van der Waals surface area contributed by atoms with Gasteiger partial charge in [-0.25, -0.2) is 0 Å². The molecule has 0 aromatic carbocycles. The lowest BCUT2D eigenvalue weighted by Crippen LogP contribution is -2.40. The second kappa shape index (κ2) is 4.78. The van der Waals surface area contributed by atoms with E-state index in [1.54, 1.807) is 0 Å². The monoisotopic (exact) mass is 199 g/mol. The zero-order valence-electron chi connectivity index (χ0n) is 9.43. The van der Waals surface area contributed by atoms with Gasteiger partial charge < -0.3 is 10.1 Å². The van der Waals surface area contributed by atoms with Crippen molar-refractivity contribution in [1.82, 2.24) is 5.32 Å². The van der Waals surface area contributed by atoms with Crippen molar-refractivity contribution in [2.24, 2.45) is 5.41 Å². The van der Waals surface area contributed by atoms with Crippen LogP contribution in [-0.2, 0) is 9.53 Å². The summed E-state index contributed by atoms with van der Waals surface area (Å²) < 4.78 is 5.23. The number of amides is 1. The van der Waals surface area contributed by atoms with Crippen molar-refractivity contribution in [2.75, 3.05) is 13.2 Å². The first-order valence-electron chi connectivity index (χ1n) is 5.34. The molecule has 0 spiro atoms. The largest absolute Gasteiger partial charge is 0.381 e. The zero-order chi connectivity index (χ0) is 10.6. The molecule has 0 unspecified atom stereocenters. The minimum Gasteiger partial charge on any atom is -0.381 e. The molecule has 0 atom stereocenters. The lowest BCUT2D eigenvalue weighted by atomic mass is 9.91. The molecular formula is C11H21NO2. The number of hydrogen-bond acceptors (Lipinski definition) is 2. The fraction of sp³-hybridized carbons (Fsp3) is 0.909. The molecule has 1 aliphatic rings. The maximum absolute atomic E-state index is 11.6. The van der Waals surface area contributed by atoms with E-state index >= 15 is 0 Å². The topological polar surface area (TPSA) is 38.3 Å². The van der Waals surface area contributed by atoms with Crippen LogP contribution >= 0.6 is 0 Å². The fourth-order valence-electron chi connectivity index (χ4n) is 1.60. The van der Waals surface area contributed by atoms with E-state index in [4.69, 9.17) is 4.74 Å². The van der Waals surface area contributed by atoms with E-state index in [1.807, 2.05) is 0 Å². The molecule has 1 heterocycles. The Balaban J connectivity index is 2.25. The van der Waals surface area contributed by atoms with Crippen molar-refractivity contribution in [3.05, 3.63) is 0 Å². The molecule has 0 aliphatic carbocycles. The highest BCUT2D eigenvalue weighted by atomic mass is 16.5. The predicted molar refractivity (Wildman–Crippen MR) is 56.1 cm³/mol. The molecule has 0 bridgehead atoms. The molecule has 0 saturated carbocycles. The molecule has 1 fully saturated rings. The molecule has 1 amide bonds. The second-order valence-electron chi connectivity index (χ2n) is 5.19. The highest BCUT2D eigenvalue weighted by Crippen LogP contribution is 2.18. The van der Waals surface area contributed by atoms with Gasteiger partial charge in [0, 0.05) is 25.7 Å². The Bertz CT molecular complexity index is 190. The van der Waals surface area contributed by atoms with Crippen LogP contribution in [0.1, 0.15) is 40.0 Å². The van der Waals surface area contributed by atoms with Crippen LogP contribution in [0.25, 0.3) is 0 Å². The Morgan fingerprint density at radius 1 is 1.36 bits per heavy atom. The van der Waals surface area contributed by atoms with E-state index in [1.165, 1.54) is 0 Å². The average molecular weight is 199 g/mol. The number of carbonyl (C=O) groups is 1. The van der Waals surface area contributed by atoms with Crippen molar-refractivity contribution in [1.29, 1.82) is 0 Å². The van der Waals surface area contributed by atoms with Crippen LogP contribution in [0.4, 0.5) is 0 Å². The third-order valence-corrected chi connectivity index (χ3v) is 2.28. The van der Waals surface area contributed by atoms with Crippen molar-refractivity contribution in [2.45, 2.75) is 46.1 Å². The van der Waals surface area contributed by atoms with Crippen LogP contribution < -0.4 is 5.32 Å². The molecule has 3 heteroatoms. The van der Waals surface area contributed by atoms with Crippen LogP contribution in [0.3, 0.4) is 0 Å². The van der Waals surface area contributed by atoms with Crippen LogP contribution in [0, 0.1) is 5.41 Å². The molecule has 14 heavy (non-hydrogen) atoms. The van der Waals surface area contributed by atoms with Crippen molar-refractivity contribution in [3.8, 4) is 0 Å². The standard InChI is InChI=1S/C11H21NO2/c1-11(2,3)8-10(13)12-9-4-6-14-7-5-9/h9H,4-8H2,1-3H3,(H,12,13). The quantitative estimate of drug-likeness (QED) is 0.735. The molecule has 3 nitrogen and oxygen atoms in total. The van der Waals surface area contributed by atoms with Gasteiger partial charge in [-0.05, 0) is 18.3 Å². The van der Waals surface area contributed by atoms with Gasteiger partial charge in [-0.1, -0.05) is 20.8 Å². The number of nitrogens with one attached hydrogen (secondary N) is 1. The van der Waals surface area contributed by atoms with Crippen LogP contribution in [-0.4, -0.2) is 25.2 Å². The van der Waals surface area contributed by atoms with Crippen LogP contribution in [0.15, 0.2) is 0 Å². The summed E-state index contributed by atoms with van der Waals surface area (Å²) >= 11 is 0. The summed E-state index contributed by atoms with van der Waals surface area (Å²) in [7, 11) is 0. The zero-order valence-corrected chi connectivity index (χ0v) is 9.43. The number of carbonyl (C=O) groups excluding carboxylic acids is 1. The van der Waals surface area contributed by atoms with Gasteiger partial charge in [0.2, 0.25) is 5.91 Å². The van der Waals surface area contributed by atoms with Crippen LogP contribution in [0.5, 0.6) is 0 Å². The van der Waals surface area contributed by atoms with Crippen molar-refractivity contribution >= 4 is 5.91 Å². The Morgan fingerprint density at radius 2 is 1.93 bits per heavy atom. The SMILES string of the molecule is CC(C)(C)CC(=O)NC1CCOCC1. The van der Waals surface area contributed by atoms with Gasteiger partial charge >= 0.3 is 0 Å². The Morgan fingerprint density at radius 3 is 2.43 bits per heavy atom. The lowest BCUT2D eigenvalue weighted by molar-refractivity contribution is -0.124. The number of hydrogen-bond donors (Lipinski definition) is 1. The summed E-state index contributed by atoms with van der Waals surface area (Å²) in [6, 6.07) is 0.332. The van der Waals surface area contributed by atoms with E-state index in [-0.39, 0.29) is 11.3 Å². The molecule has 0 radical (unpaired) electrons. The minimum atomic E-state index is 0.0786. The second-order valence-corrected chi connectivity index (χ2v) is 5.19. The van der Waals surface area contributed by atoms with E-state index < -0.39 is 0 Å². The van der Waals surface area contributed by atoms with Crippen LogP contribution in [0.2, 0.25) is 0 Å². The molecular weight excluding hydrogens is 178 g/mol. The smallest absolute Gasteiger partial charge is 0.220 e. The maximum Gasteiger partial charge on any atom is 0.220 e. The first-order valence-corrected chi connectivity index (χ1v) is 5.34. The maximum atomic E-state index is 11.6. The minimum absolute atomic E-state index is 0.0786. The summed E-state index contributed by atoms with van der Waals surface area (Å²) in [5, 5.41) is 3.06. The first kappa shape index (κ1) is 11.5. The van der Waals surface area contributed by atoms with E-state index in [9.17, 15) is 4.79 Å². The van der Waals surface area contributed by atoms with Gasteiger partial charge in [-0.15, -0.1) is 0 Å². The summed E-state index contributed by atoms with van der Waals surface area (Å²) in [4.78, 5) is 11.6. The van der Waals surface area contributed by atoms with E-state index in [2.05, 4.69) is 26.1 Å². The Hall–Kier alpha value is -0.570. The van der Waals surface area contributed by atoms with Gasteiger partial charge in [0.05, 0.1) is 0 Å². The summed E-state index contributed by atoms with van der Waals surface area (Å²) in [5.74, 6) is 0.171. The number of ether oxygens (including phenoxy) is 1. The fourth-order valence-corrected chi connectivity index (χ4v) is 1.60. The van der Waals surface area contributed by atoms with Gasteiger partial charge in [0.25, 0.3) is 0 Å². The molecule has 1 rings (SSSR count). The van der Waals surface area contributed by atoms with Crippen molar-refractivity contribution in [3.63, 3.8) is 0 Å². The molecule has 0 aromatic heterocycles. The highest BCUT2D eigenvalue weighted by molar-refractivity contribution is 5.76. The van der Waals surface area contributed by atoms with Crippen molar-refractivity contribution < 1.29 is 9.53 Å². The van der Waals surface area contributed by atoms with Gasteiger partial charge in [0.15, 0.2) is 0 Å². The van der Waals surface area contributed by atoms with Gasteiger partial charge in [0.1, 0.15) is 0 Å². The molecule has 0 aromatic rings. The molecule has 1 aliphatic heterocycles. The number of rotatable bonds is 2. The van der Waals surface area contributed by atoms with E-state index in [0.717, 1.165) is 26.1 Å². The summed E-state index contributed by atoms with van der Waals surface area (Å²) in [6.07, 6.45) is 2.51. The lowest BCUT2D eigenvalue weighted by Gasteiger charge is -2.25. The predicted octanol–water partition coefficient (Wildman–Crippen LogP) is 1.72. The normalized spacial score (nSPS) is 19.4. The first-order chi connectivity index (χ1) is 6.47. The third kappa shape index (κ3) is 4.61. The molecule has 82 valence electrons. The highest BCUT2D eigenvalue weighted by Gasteiger charge is 2.20. The van der Waals surface area contributed by atoms with E-state index in [0.29, 0.717) is 12.5 Å². The Kier molecular flexibility index (Phi) is 3.93. The molecule has 1 N–H and O–H groups in total. The third-order valence-electron chi connectivity index (χ3n) is 2.28. The van der Waals surface area contributed by atoms with Gasteiger partial charge in [-0.2, -0.15) is 0 Å². The Labute approximate surface area is 86.2 Å². The van der Waals surface area contributed by atoms with Gasteiger partial charge in [-0.3, -0.25) is 4.79 Å². The molecule has 1 saturated heterocycles. The summed E-state index contributed by atoms with van der Waals surface area (Å²) in [5.41, 5.74) is 0.0786.